The van der Waals surface area contributed by atoms with Crippen molar-refractivity contribution in [3.63, 3.8) is 0 Å². The van der Waals surface area contributed by atoms with E-state index in [0.717, 1.165) is 5.56 Å². The molecule has 7 nitrogen and oxygen atoms in total. The largest absolute Gasteiger partial charge is 0.507 e. The Balaban J connectivity index is 2.20. The minimum absolute atomic E-state index is 0.0632. The SMILES string of the molecule is COCCCN1C(=O)C(=O)/C(=C(/O)c2cc(C)cc(Cl)c2OC)C1c1ccc(C)o1. The van der Waals surface area contributed by atoms with E-state index in [2.05, 4.69) is 0 Å². The van der Waals surface area contributed by atoms with Crippen molar-refractivity contribution in [2.24, 2.45) is 0 Å². The fraction of sp³-hybridized carbons (Fsp3) is 0.364. The van der Waals surface area contributed by atoms with E-state index in [4.69, 9.17) is 25.5 Å². The molecule has 3 rings (SSSR count). The van der Waals surface area contributed by atoms with Crippen LogP contribution >= 0.6 is 11.6 Å². The normalized spacial score (nSPS) is 18.3. The Kier molecular flexibility index (Phi) is 6.53. The number of hydrogen-bond donors (Lipinski definition) is 1. The van der Waals surface area contributed by atoms with E-state index in [1.165, 1.54) is 12.0 Å². The molecule has 1 aliphatic heterocycles. The van der Waals surface area contributed by atoms with Gasteiger partial charge in [0.2, 0.25) is 0 Å². The van der Waals surface area contributed by atoms with Crippen LogP contribution in [0.15, 0.2) is 34.3 Å². The lowest BCUT2D eigenvalue weighted by molar-refractivity contribution is -0.140. The molecule has 1 aromatic carbocycles. The molecular formula is C22H24ClNO6. The van der Waals surface area contributed by atoms with Crippen molar-refractivity contribution in [3.8, 4) is 5.75 Å². The van der Waals surface area contributed by atoms with Crippen LogP contribution in [-0.4, -0.2) is 49.1 Å². The molecule has 8 heteroatoms. The lowest BCUT2D eigenvalue weighted by Crippen LogP contribution is -2.31. The number of ketones is 1. The number of carbonyl (C=O) groups is 2. The van der Waals surface area contributed by atoms with E-state index in [1.54, 1.807) is 45.2 Å². The van der Waals surface area contributed by atoms with Crippen molar-refractivity contribution in [1.82, 2.24) is 4.90 Å². The maximum Gasteiger partial charge on any atom is 0.295 e. The Morgan fingerprint density at radius 3 is 2.57 bits per heavy atom. The van der Waals surface area contributed by atoms with Crippen LogP contribution < -0.4 is 4.74 Å². The van der Waals surface area contributed by atoms with E-state index in [9.17, 15) is 14.7 Å². The first kappa shape index (κ1) is 21.9. The molecule has 1 saturated heterocycles. The van der Waals surface area contributed by atoms with Gasteiger partial charge in [-0.1, -0.05) is 11.6 Å². The third-order valence-electron chi connectivity index (χ3n) is 4.97. The highest BCUT2D eigenvalue weighted by Gasteiger charge is 2.47. The van der Waals surface area contributed by atoms with Gasteiger partial charge in [-0.3, -0.25) is 9.59 Å². The van der Waals surface area contributed by atoms with E-state index in [-0.39, 0.29) is 29.2 Å². The molecular weight excluding hydrogens is 410 g/mol. The maximum absolute atomic E-state index is 13.0. The van der Waals surface area contributed by atoms with Gasteiger partial charge in [0, 0.05) is 20.3 Å². The van der Waals surface area contributed by atoms with Crippen molar-refractivity contribution in [2.75, 3.05) is 27.4 Å². The number of carbonyl (C=O) groups excluding carboxylic acids is 2. The summed E-state index contributed by atoms with van der Waals surface area (Å²) < 4.78 is 16.2. The number of halogens is 1. The highest BCUT2D eigenvalue weighted by Crippen LogP contribution is 2.43. The molecule has 1 unspecified atom stereocenters. The third-order valence-corrected chi connectivity index (χ3v) is 5.25. The van der Waals surface area contributed by atoms with Crippen LogP contribution in [0.25, 0.3) is 5.76 Å². The molecule has 1 amide bonds. The number of amides is 1. The smallest absolute Gasteiger partial charge is 0.295 e. The third kappa shape index (κ3) is 3.95. The fourth-order valence-corrected chi connectivity index (χ4v) is 3.99. The monoisotopic (exact) mass is 433 g/mol. The van der Waals surface area contributed by atoms with Gasteiger partial charge < -0.3 is 23.9 Å². The summed E-state index contributed by atoms with van der Waals surface area (Å²) in [5, 5.41) is 11.5. The zero-order chi connectivity index (χ0) is 22.0. The number of furan rings is 1. The second kappa shape index (κ2) is 8.93. The van der Waals surface area contributed by atoms with Crippen molar-refractivity contribution in [2.45, 2.75) is 26.3 Å². The van der Waals surface area contributed by atoms with E-state index < -0.39 is 17.7 Å². The van der Waals surface area contributed by atoms with E-state index in [1.807, 2.05) is 0 Å². The summed E-state index contributed by atoms with van der Waals surface area (Å²) in [6.07, 6.45) is 0.527. The number of Topliss-reactive ketones (excluding diaryl/α,β-unsaturated/α-hetero) is 1. The zero-order valence-corrected chi connectivity index (χ0v) is 18.1. The predicted molar refractivity (Wildman–Crippen MR) is 112 cm³/mol. The number of benzene rings is 1. The topological polar surface area (TPSA) is 89.2 Å². The zero-order valence-electron chi connectivity index (χ0n) is 17.3. The highest BCUT2D eigenvalue weighted by molar-refractivity contribution is 6.46. The second-order valence-corrected chi connectivity index (χ2v) is 7.52. The molecule has 0 saturated carbocycles. The summed E-state index contributed by atoms with van der Waals surface area (Å²) in [5.74, 6) is -0.607. The molecule has 1 aromatic heterocycles. The molecule has 160 valence electrons. The summed E-state index contributed by atoms with van der Waals surface area (Å²) >= 11 is 6.27. The minimum atomic E-state index is -0.862. The van der Waals surface area contributed by atoms with Gasteiger partial charge in [0.05, 0.1) is 23.3 Å². The molecule has 0 aliphatic carbocycles. The van der Waals surface area contributed by atoms with Crippen LogP contribution in [0.5, 0.6) is 5.75 Å². The van der Waals surface area contributed by atoms with Crippen LogP contribution in [0.3, 0.4) is 0 Å². The average molecular weight is 434 g/mol. The Labute approximate surface area is 179 Å². The first-order valence-electron chi connectivity index (χ1n) is 9.48. The van der Waals surface area contributed by atoms with Gasteiger partial charge in [-0.05, 0) is 50.1 Å². The molecule has 0 radical (unpaired) electrons. The quantitative estimate of drug-likeness (QED) is 0.307. The highest BCUT2D eigenvalue weighted by atomic mass is 35.5. The molecule has 1 N–H and O–H groups in total. The maximum atomic E-state index is 13.0. The second-order valence-electron chi connectivity index (χ2n) is 7.11. The number of aliphatic hydroxyl groups is 1. The Hall–Kier alpha value is -2.77. The number of aryl methyl sites for hydroxylation is 2. The number of likely N-dealkylation sites (tertiary alicyclic amines) is 1. The molecule has 1 fully saturated rings. The number of nitrogens with zero attached hydrogens (tertiary/aromatic N) is 1. The number of ether oxygens (including phenoxy) is 2. The number of hydrogen-bond acceptors (Lipinski definition) is 6. The number of aliphatic hydroxyl groups excluding tert-OH is 1. The van der Waals surface area contributed by atoms with Crippen LogP contribution in [-0.2, 0) is 14.3 Å². The van der Waals surface area contributed by atoms with Gasteiger partial charge in [0.25, 0.3) is 11.7 Å². The molecule has 30 heavy (non-hydrogen) atoms. The Bertz CT molecular complexity index is 1010. The van der Waals surface area contributed by atoms with Crippen molar-refractivity contribution < 1.29 is 28.6 Å². The molecule has 0 spiro atoms. The standard InChI is InChI=1S/C22H24ClNO6/c1-12-10-14(21(29-4)15(23)11-12)19(25)17-18(16-7-6-13(2)30-16)24(8-5-9-28-3)22(27)20(17)26/h6-7,10-11,18,25H,5,8-9H2,1-4H3/b19-17+. The van der Waals surface area contributed by atoms with Gasteiger partial charge in [-0.25, -0.2) is 0 Å². The summed E-state index contributed by atoms with van der Waals surface area (Å²) in [5.41, 5.74) is 0.944. The average Bonchev–Trinajstić information content (AvgIpc) is 3.23. The Morgan fingerprint density at radius 2 is 1.97 bits per heavy atom. The molecule has 2 heterocycles. The van der Waals surface area contributed by atoms with E-state index in [0.29, 0.717) is 29.6 Å². The van der Waals surface area contributed by atoms with Crippen molar-refractivity contribution >= 4 is 29.1 Å². The van der Waals surface area contributed by atoms with Gasteiger partial charge in [-0.2, -0.15) is 0 Å². The molecule has 2 aromatic rings. The van der Waals surface area contributed by atoms with Gasteiger partial charge in [0.15, 0.2) is 0 Å². The van der Waals surface area contributed by atoms with Crippen molar-refractivity contribution in [3.05, 3.63) is 57.5 Å². The summed E-state index contributed by atoms with van der Waals surface area (Å²) in [7, 11) is 2.99. The first-order valence-corrected chi connectivity index (χ1v) is 9.86. The van der Waals surface area contributed by atoms with Crippen LogP contribution in [0.4, 0.5) is 0 Å². The summed E-state index contributed by atoms with van der Waals surface area (Å²) in [4.78, 5) is 27.2. The summed E-state index contributed by atoms with van der Waals surface area (Å²) in [6, 6.07) is 5.92. The van der Waals surface area contributed by atoms with E-state index >= 15 is 0 Å². The molecule has 0 bridgehead atoms. The molecule has 1 atom stereocenters. The lowest BCUT2D eigenvalue weighted by Gasteiger charge is -2.23. The first-order chi connectivity index (χ1) is 14.3. The van der Waals surface area contributed by atoms with Crippen LogP contribution in [0.1, 0.15) is 35.1 Å². The van der Waals surface area contributed by atoms with Gasteiger partial charge in [0.1, 0.15) is 29.1 Å². The lowest BCUT2D eigenvalue weighted by atomic mass is 9.98. The summed E-state index contributed by atoms with van der Waals surface area (Å²) in [6.45, 7) is 4.27. The minimum Gasteiger partial charge on any atom is -0.507 e. The molecule has 1 aliphatic rings. The fourth-order valence-electron chi connectivity index (χ4n) is 3.64. The van der Waals surface area contributed by atoms with Gasteiger partial charge >= 0.3 is 0 Å². The number of rotatable bonds is 7. The van der Waals surface area contributed by atoms with Crippen molar-refractivity contribution in [1.29, 1.82) is 0 Å². The predicted octanol–water partition coefficient (Wildman–Crippen LogP) is 4.02. The van der Waals surface area contributed by atoms with Gasteiger partial charge in [-0.15, -0.1) is 0 Å². The number of methoxy groups -OCH3 is 2. The Morgan fingerprint density at radius 1 is 1.23 bits per heavy atom. The van der Waals surface area contributed by atoms with Crippen LogP contribution in [0.2, 0.25) is 5.02 Å². The van der Waals surface area contributed by atoms with Crippen LogP contribution in [0, 0.1) is 13.8 Å².